The van der Waals surface area contributed by atoms with E-state index in [4.69, 9.17) is 28.0 Å². The minimum atomic E-state index is -4.84. The zero-order valence-corrected chi connectivity index (χ0v) is 21.4. The predicted molar refractivity (Wildman–Crippen MR) is 131 cm³/mol. The van der Waals surface area contributed by atoms with E-state index in [2.05, 4.69) is 5.16 Å². The van der Waals surface area contributed by atoms with E-state index in [9.17, 15) is 27.6 Å². The molecule has 2 aliphatic rings. The molecule has 4 rings (SSSR count). The summed E-state index contributed by atoms with van der Waals surface area (Å²) in [6.45, 7) is 3.27. The number of oxime groups is 1. The van der Waals surface area contributed by atoms with Crippen LogP contribution in [0.25, 0.3) is 0 Å². The number of imide groups is 1. The van der Waals surface area contributed by atoms with Gasteiger partial charge in [-0.15, -0.1) is 0 Å². The lowest BCUT2D eigenvalue weighted by molar-refractivity contribution is -0.275. The molecule has 3 amide bonds. The first-order valence-electron chi connectivity index (χ1n) is 11.4. The van der Waals surface area contributed by atoms with Gasteiger partial charge in [-0.1, -0.05) is 41.3 Å². The van der Waals surface area contributed by atoms with Gasteiger partial charge in [-0.3, -0.25) is 19.3 Å². The Labute approximate surface area is 220 Å². The average molecular weight is 556 g/mol. The summed E-state index contributed by atoms with van der Waals surface area (Å²) in [6, 6.07) is 8.00. The third kappa shape index (κ3) is 5.04. The highest BCUT2D eigenvalue weighted by Crippen LogP contribution is 2.49. The number of hydrogen-bond acceptors (Lipinski definition) is 5. The molecular formula is C25H22Cl2F3N3O4. The van der Waals surface area contributed by atoms with Crippen LogP contribution in [0, 0.1) is 6.92 Å². The monoisotopic (exact) mass is 555 g/mol. The van der Waals surface area contributed by atoms with Crippen LogP contribution in [0.4, 0.5) is 13.2 Å². The number of carbonyl (C=O) groups excluding carboxylic acids is 3. The average Bonchev–Trinajstić information content (AvgIpc) is 3.27. The molecule has 7 nitrogen and oxygen atoms in total. The summed E-state index contributed by atoms with van der Waals surface area (Å²) in [5.74, 6) is -1.43. The van der Waals surface area contributed by atoms with Crippen LogP contribution in [-0.2, 0) is 20.0 Å². The second-order valence-corrected chi connectivity index (χ2v) is 9.79. The molecule has 0 N–H and O–H groups in total. The number of hydrogen-bond donors (Lipinski definition) is 0. The third-order valence-electron chi connectivity index (χ3n) is 6.29. The van der Waals surface area contributed by atoms with Crippen LogP contribution in [0.15, 0.2) is 41.6 Å². The van der Waals surface area contributed by atoms with Gasteiger partial charge in [0, 0.05) is 34.1 Å². The fourth-order valence-electron chi connectivity index (χ4n) is 4.41. The SMILES string of the molecule is CCCN1C(=O)CN(C(=O)c2ccc(C3=NOC(c4cc(Cl)cc(Cl)c4)(C(F)(F)F)C3)cc2C)CC1=O. The van der Waals surface area contributed by atoms with Crippen molar-refractivity contribution in [2.24, 2.45) is 5.16 Å². The Bertz CT molecular complexity index is 1280. The molecular weight excluding hydrogens is 534 g/mol. The van der Waals surface area contributed by atoms with Crippen LogP contribution >= 0.6 is 23.2 Å². The van der Waals surface area contributed by atoms with E-state index in [1.807, 2.05) is 6.92 Å². The highest BCUT2D eigenvalue weighted by atomic mass is 35.5. The molecule has 37 heavy (non-hydrogen) atoms. The van der Waals surface area contributed by atoms with Crippen molar-refractivity contribution in [1.29, 1.82) is 0 Å². The fourth-order valence-corrected chi connectivity index (χ4v) is 4.93. The third-order valence-corrected chi connectivity index (χ3v) is 6.73. The van der Waals surface area contributed by atoms with Gasteiger partial charge in [0.1, 0.15) is 13.1 Å². The highest BCUT2D eigenvalue weighted by Gasteiger charge is 2.62. The molecule has 1 unspecified atom stereocenters. The zero-order chi connectivity index (χ0) is 27.1. The first kappa shape index (κ1) is 26.9. The number of benzene rings is 2. The number of halogens is 5. The lowest BCUT2D eigenvalue weighted by atomic mass is 9.86. The largest absolute Gasteiger partial charge is 0.435 e. The van der Waals surface area contributed by atoms with Crippen molar-refractivity contribution in [2.75, 3.05) is 19.6 Å². The molecule has 196 valence electrons. The van der Waals surface area contributed by atoms with Crippen molar-refractivity contribution in [3.05, 3.63) is 68.7 Å². The van der Waals surface area contributed by atoms with E-state index in [0.717, 1.165) is 21.9 Å². The fraction of sp³-hybridized carbons (Fsp3) is 0.360. The summed E-state index contributed by atoms with van der Waals surface area (Å²) >= 11 is 11.9. The molecule has 2 aliphatic heterocycles. The molecule has 0 saturated carbocycles. The van der Waals surface area contributed by atoms with Crippen LogP contribution in [0.5, 0.6) is 0 Å². The Morgan fingerprint density at radius 3 is 2.24 bits per heavy atom. The predicted octanol–water partition coefficient (Wildman–Crippen LogP) is 5.11. The quantitative estimate of drug-likeness (QED) is 0.480. The molecule has 1 saturated heterocycles. The lowest BCUT2D eigenvalue weighted by Crippen LogP contribution is -2.55. The topological polar surface area (TPSA) is 79.3 Å². The molecule has 0 aliphatic carbocycles. The molecule has 0 radical (unpaired) electrons. The Hall–Kier alpha value is -3.11. The van der Waals surface area contributed by atoms with Crippen molar-refractivity contribution >= 4 is 46.6 Å². The van der Waals surface area contributed by atoms with Gasteiger partial charge < -0.3 is 9.74 Å². The van der Waals surface area contributed by atoms with Gasteiger partial charge in [0.2, 0.25) is 11.8 Å². The first-order valence-corrected chi connectivity index (χ1v) is 12.1. The minimum absolute atomic E-state index is 0.0223. The second-order valence-electron chi connectivity index (χ2n) is 8.92. The number of aryl methyl sites for hydroxylation is 1. The Morgan fingerprint density at radius 1 is 1.08 bits per heavy atom. The van der Waals surface area contributed by atoms with Crippen LogP contribution in [0.1, 0.15) is 46.8 Å². The summed E-state index contributed by atoms with van der Waals surface area (Å²) in [5, 5.41) is 3.78. The lowest BCUT2D eigenvalue weighted by Gasteiger charge is -2.32. The molecule has 2 aromatic carbocycles. The van der Waals surface area contributed by atoms with E-state index in [-0.39, 0.29) is 40.0 Å². The molecule has 0 spiro atoms. The maximum absolute atomic E-state index is 14.3. The Balaban J connectivity index is 1.57. The Kier molecular flexibility index (Phi) is 7.27. The molecule has 1 atom stereocenters. The van der Waals surface area contributed by atoms with Gasteiger partial charge in [-0.25, -0.2) is 0 Å². The van der Waals surface area contributed by atoms with Gasteiger partial charge >= 0.3 is 6.18 Å². The van der Waals surface area contributed by atoms with Gasteiger partial charge in [0.15, 0.2) is 0 Å². The molecule has 2 heterocycles. The van der Waals surface area contributed by atoms with Gasteiger partial charge in [-0.05, 0) is 54.8 Å². The zero-order valence-electron chi connectivity index (χ0n) is 19.9. The van der Waals surface area contributed by atoms with Crippen molar-refractivity contribution in [1.82, 2.24) is 9.80 Å². The summed E-state index contributed by atoms with van der Waals surface area (Å²) in [4.78, 5) is 45.0. The van der Waals surface area contributed by atoms with Crippen molar-refractivity contribution < 1.29 is 32.4 Å². The molecule has 1 fully saturated rings. The molecule has 2 aromatic rings. The van der Waals surface area contributed by atoms with Crippen molar-refractivity contribution in [3.63, 3.8) is 0 Å². The highest BCUT2D eigenvalue weighted by molar-refractivity contribution is 6.34. The standard InChI is InChI=1S/C25H22Cl2F3N3O4/c1-3-6-33-21(34)12-32(13-22(33)35)23(36)19-5-4-15(7-14(19)2)20-11-24(37-31-20,25(28,29)30)16-8-17(26)10-18(27)9-16/h4-5,7-10H,3,6,11-13H2,1-2H3. The summed E-state index contributed by atoms with van der Waals surface area (Å²) < 4.78 is 42.8. The van der Waals surface area contributed by atoms with Crippen molar-refractivity contribution in [2.45, 2.75) is 38.5 Å². The maximum atomic E-state index is 14.3. The normalized spacial score (nSPS) is 20.2. The number of carbonyl (C=O) groups is 3. The van der Waals surface area contributed by atoms with E-state index < -0.39 is 35.9 Å². The number of nitrogens with zero attached hydrogens (tertiary/aromatic N) is 3. The maximum Gasteiger partial charge on any atom is 0.435 e. The minimum Gasteiger partial charge on any atom is -0.374 e. The van der Waals surface area contributed by atoms with Crippen LogP contribution in [0.2, 0.25) is 10.0 Å². The van der Waals surface area contributed by atoms with Crippen molar-refractivity contribution in [3.8, 4) is 0 Å². The smallest absolute Gasteiger partial charge is 0.374 e. The van der Waals surface area contributed by atoms with E-state index in [1.165, 1.54) is 24.3 Å². The van der Waals surface area contributed by atoms with Crippen LogP contribution in [0.3, 0.4) is 0 Å². The number of rotatable bonds is 5. The Morgan fingerprint density at radius 2 is 1.70 bits per heavy atom. The van der Waals surface area contributed by atoms with E-state index in [0.29, 0.717) is 24.1 Å². The number of piperazine rings is 1. The van der Waals surface area contributed by atoms with Gasteiger partial charge in [0.25, 0.3) is 11.5 Å². The summed E-state index contributed by atoms with van der Waals surface area (Å²) in [5.41, 5.74) is -2.05. The molecule has 0 bridgehead atoms. The molecule has 0 aromatic heterocycles. The number of alkyl halides is 3. The summed E-state index contributed by atoms with van der Waals surface area (Å²) in [7, 11) is 0. The van der Waals surface area contributed by atoms with Crippen LogP contribution in [-0.4, -0.2) is 59.0 Å². The summed E-state index contributed by atoms with van der Waals surface area (Å²) in [6.07, 6.45) is -4.86. The first-order chi connectivity index (χ1) is 17.4. The second kappa shape index (κ2) is 9.98. The van der Waals surface area contributed by atoms with E-state index in [1.54, 1.807) is 6.92 Å². The van der Waals surface area contributed by atoms with Gasteiger partial charge in [-0.2, -0.15) is 13.2 Å². The van der Waals surface area contributed by atoms with Crippen LogP contribution < -0.4 is 0 Å². The molecule has 12 heteroatoms. The number of amides is 3. The van der Waals surface area contributed by atoms with E-state index >= 15 is 0 Å². The van der Waals surface area contributed by atoms with Gasteiger partial charge in [0.05, 0.1) is 5.71 Å².